The summed E-state index contributed by atoms with van der Waals surface area (Å²) in [7, 11) is 0. The van der Waals surface area contributed by atoms with Crippen molar-refractivity contribution in [3.8, 4) is 0 Å². The summed E-state index contributed by atoms with van der Waals surface area (Å²) in [5.74, 6) is 2.32. The van der Waals surface area contributed by atoms with Gasteiger partial charge in [0.05, 0.1) is 12.8 Å². The Morgan fingerprint density at radius 3 is 2.87 bits per heavy atom. The quantitative estimate of drug-likeness (QED) is 0.659. The van der Waals surface area contributed by atoms with Gasteiger partial charge >= 0.3 is 0 Å². The smallest absolute Gasteiger partial charge is 0.276 e. The summed E-state index contributed by atoms with van der Waals surface area (Å²) < 4.78 is 7.24. The molecule has 3 aromatic rings. The molecule has 2 unspecified atom stereocenters. The third-order valence-corrected chi connectivity index (χ3v) is 6.58. The van der Waals surface area contributed by atoms with Gasteiger partial charge in [-0.3, -0.25) is 9.69 Å². The van der Waals surface area contributed by atoms with Crippen LogP contribution >= 0.6 is 0 Å². The first-order valence-electron chi connectivity index (χ1n) is 10.9. The highest BCUT2D eigenvalue weighted by atomic mass is 16.5. The summed E-state index contributed by atoms with van der Waals surface area (Å²) in [5.41, 5.74) is 2.10. The molecule has 0 radical (unpaired) electrons. The van der Waals surface area contributed by atoms with Crippen molar-refractivity contribution in [3.05, 3.63) is 69.4 Å². The van der Waals surface area contributed by atoms with Gasteiger partial charge in [0.25, 0.3) is 5.56 Å². The van der Waals surface area contributed by atoms with Gasteiger partial charge in [0.1, 0.15) is 11.6 Å². The lowest BCUT2D eigenvalue weighted by molar-refractivity contribution is 0.0832. The second kappa shape index (κ2) is 8.25. The van der Waals surface area contributed by atoms with Crippen molar-refractivity contribution in [2.24, 2.45) is 5.92 Å². The third-order valence-electron chi connectivity index (χ3n) is 6.58. The number of likely N-dealkylation sites (tertiary alicyclic amines) is 1. The molecule has 160 valence electrons. The standard InChI is InChI=1S/C23H26N6O2/c1-15-12-28(13-17-5-3-4-6-19(17)24-2)14-18(15)21-26-23(30)20-11-25-22(29(20)27-21)16-7-9-31-10-8-16/h3-6,11,15-16,18H,7-10,12-14H2,1H3,(H,26,27,30). The molecular weight excluding hydrogens is 392 g/mol. The number of hydrogen-bond acceptors (Lipinski definition) is 5. The number of benzene rings is 1. The zero-order valence-electron chi connectivity index (χ0n) is 17.6. The molecule has 2 saturated heterocycles. The van der Waals surface area contributed by atoms with Crippen LogP contribution in [0.4, 0.5) is 5.69 Å². The van der Waals surface area contributed by atoms with E-state index in [-0.39, 0.29) is 17.4 Å². The Labute approximate surface area is 180 Å². The van der Waals surface area contributed by atoms with Crippen LogP contribution in [-0.4, -0.2) is 50.8 Å². The van der Waals surface area contributed by atoms with E-state index in [0.717, 1.165) is 62.9 Å². The number of H-pyrrole nitrogens is 1. The Bertz CT molecular complexity index is 1190. The van der Waals surface area contributed by atoms with Crippen molar-refractivity contribution in [1.29, 1.82) is 0 Å². The second-order valence-electron chi connectivity index (χ2n) is 8.66. The molecule has 0 amide bonds. The molecule has 0 bridgehead atoms. The predicted octanol–water partition coefficient (Wildman–Crippen LogP) is 3.10. The molecule has 5 rings (SSSR count). The van der Waals surface area contributed by atoms with Crippen LogP contribution in [0.5, 0.6) is 0 Å². The fraction of sp³-hybridized carbons (Fsp3) is 0.478. The first-order valence-corrected chi connectivity index (χ1v) is 10.9. The monoisotopic (exact) mass is 418 g/mol. The Morgan fingerprint density at radius 2 is 2.06 bits per heavy atom. The van der Waals surface area contributed by atoms with Gasteiger partial charge in [-0.1, -0.05) is 31.2 Å². The summed E-state index contributed by atoms with van der Waals surface area (Å²) in [6, 6.07) is 7.76. The molecule has 4 heterocycles. The van der Waals surface area contributed by atoms with Gasteiger partial charge in [-0.2, -0.15) is 5.10 Å². The number of fused-ring (bicyclic) bond motifs is 1. The molecule has 8 heteroatoms. The van der Waals surface area contributed by atoms with Crippen LogP contribution in [0.25, 0.3) is 10.4 Å². The van der Waals surface area contributed by atoms with Crippen molar-refractivity contribution in [1.82, 2.24) is 24.5 Å². The van der Waals surface area contributed by atoms with Crippen LogP contribution in [0.15, 0.2) is 35.3 Å². The van der Waals surface area contributed by atoms with Gasteiger partial charge in [-0.05, 0) is 24.3 Å². The Hall–Kier alpha value is -3.02. The van der Waals surface area contributed by atoms with Crippen molar-refractivity contribution in [2.45, 2.75) is 38.1 Å². The average Bonchev–Trinajstić information content (AvgIpc) is 3.38. The van der Waals surface area contributed by atoms with Crippen LogP contribution in [0.1, 0.15) is 48.8 Å². The van der Waals surface area contributed by atoms with Gasteiger partial charge in [-0.15, -0.1) is 0 Å². The average molecular weight is 419 g/mol. The lowest BCUT2D eigenvalue weighted by atomic mass is 9.97. The molecule has 8 nitrogen and oxygen atoms in total. The van der Waals surface area contributed by atoms with Gasteiger partial charge in [-0.25, -0.2) is 14.3 Å². The number of aromatic nitrogens is 4. The number of aromatic amines is 1. The Balaban J connectivity index is 1.42. The Kier molecular flexibility index (Phi) is 5.30. The number of rotatable bonds is 4. The summed E-state index contributed by atoms with van der Waals surface area (Å²) >= 11 is 0. The zero-order valence-corrected chi connectivity index (χ0v) is 17.6. The fourth-order valence-electron chi connectivity index (χ4n) is 4.88. The molecule has 2 fully saturated rings. The minimum atomic E-state index is -0.139. The fourth-order valence-corrected chi connectivity index (χ4v) is 4.88. The van der Waals surface area contributed by atoms with Crippen LogP contribution in [0, 0.1) is 12.5 Å². The number of ether oxygens (including phenoxy) is 1. The lowest BCUT2D eigenvalue weighted by Crippen LogP contribution is -2.24. The van der Waals surface area contributed by atoms with E-state index >= 15 is 0 Å². The number of nitrogens with zero attached hydrogens (tertiary/aromatic N) is 5. The van der Waals surface area contributed by atoms with E-state index in [1.54, 1.807) is 10.7 Å². The van der Waals surface area contributed by atoms with E-state index in [1.807, 2.05) is 24.3 Å². The van der Waals surface area contributed by atoms with E-state index < -0.39 is 0 Å². The SMILES string of the molecule is [C-]#[N+]c1ccccc1CN1CC(C)C(c2nn3c(C4CCOCC4)ncc3c(=O)[nH]2)C1. The number of para-hydroxylation sites is 1. The second-order valence-corrected chi connectivity index (χ2v) is 8.66. The molecule has 2 aromatic heterocycles. The van der Waals surface area contributed by atoms with E-state index in [4.69, 9.17) is 16.4 Å². The molecule has 2 aliphatic heterocycles. The zero-order chi connectivity index (χ0) is 21.4. The van der Waals surface area contributed by atoms with E-state index in [9.17, 15) is 4.79 Å². The normalized spacial score (nSPS) is 22.7. The highest BCUT2D eigenvalue weighted by Gasteiger charge is 2.33. The maximum absolute atomic E-state index is 12.8. The minimum absolute atomic E-state index is 0.127. The van der Waals surface area contributed by atoms with Crippen molar-refractivity contribution in [2.75, 3.05) is 26.3 Å². The molecule has 2 atom stereocenters. The van der Waals surface area contributed by atoms with Crippen LogP contribution in [-0.2, 0) is 11.3 Å². The van der Waals surface area contributed by atoms with Crippen molar-refractivity contribution >= 4 is 11.2 Å². The van der Waals surface area contributed by atoms with E-state index in [1.165, 1.54) is 0 Å². The highest BCUT2D eigenvalue weighted by molar-refractivity contribution is 5.52. The Morgan fingerprint density at radius 1 is 1.26 bits per heavy atom. The predicted molar refractivity (Wildman–Crippen MR) is 116 cm³/mol. The molecule has 31 heavy (non-hydrogen) atoms. The van der Waals surface area contributed by atoms with Crippen LogP contribution in [0.2, 0.25) is 0 Å². The third kappa shape index (κ3) is 3.75. The molecule has 1 aromatic carbocycles. The summed E-state index contributed by atoms with van der Waals surface area (Å²) in [6.45, 7) is 13.5. The topological polar surface area (TPSA) is 79.9 Å². The number of nitrogens with one attached hydrogen (secondary N) is 1. The molecular formula is C23H26N6O2. The summed E-state index contributed by atoms with van der Waals surface area (Å²) in [4.78, 5) is 26.3. The van der Waals surface area contributed by atoms with Gasteiger partial charge < -0.3 is 9.72 Å². The first-order chi connectivity index (χ1) is 15.1. The maximum Gasteiger partial charge on any atom is 0.276 e. The summed E-state index contributed by atoms with van der Waals surface area (Å²) in [6.07, 6.45) is 3.43. The van der Waals surface area contributed by atoms with Gasteiger partial charge in [0.15, 0.2) is 11.2 Å². The number of hydrogen-bond donors (Lipinski definition) is 1. The largest absolute Gasteiger partial charge is 0.381 e. The lowest BCUT2D eigenvalue weighted by Gasteiger charge is -2.21. The van der Waals surface area contributed by atoms with E-state index in [2.05, 4.69) is 26.6 Å². The molecule has 1 N–H and O–H groups in total. The minimum Gasteiger partial charge on any atom is -0.381 e. The first kappa shape index (κ1) is 19.9. The van der Waals surface area contributed by atoms with Crippen molar-refractivity contribution in [3.63, 3.8) is 0 Å². The molecule has 2 aliphatic rings. The molecule has 0 aliphatic carbocycles. The number of imidazole rings is 1. The van der Waals surface area contributed by atoms with Crippen molar-refractivity contribution < 1.29 is 4.74 Å². The van der Waals surface area contributed by atoms with Gasteiger partial charge in [0.2, 0.25) is 0 Å². The van der Waals surface area contributed by atoms with Crippen LogP contribution in [0.3, 0.4) is 0 Å². The van der Waals surface area contributed by atoms with E-state index in [0.29, 0.717) is 17.1 Å². The molecule has 0 saturated carbocycles. The van der Waals surface area contributed by atoms with Gasteiger partial charge in [0, 0.05) is 44.7 Å². The molecule has 0 spiro atoms. The summed E-state index contributed by atoms with van der Waals surface area (Å²) in [5, 5.41) is 4.86. The maximum atomic E-state index is 12.8. The van der Waals surface area contributed by atoms with Crippen LogP contribution < -0.4 is 5.56 Å². The highest BCUT2D eigenvalue weighted by Crippen LogP contribution is 2.33.